The fourth-order valence-electron chi connectivity index (χ4n) is 2.92. The van der Waals surface area contributed by atoms with Gasteiger partial charge >= 0.3 is 0 Å². The second-order valence-electron chi connectivity index (χ2n) is 7.10. The molecule has 0 spiro atoms. The number of rotatable bonds is 4. The van der Waals surface area contributed by atoms with E-state index in [9.17, 15) is 4.79 Å². The summed E-state index contributed by atoms with van der Waals surface area (Å²) in [6.07, 6.45) is 1.90. The fraction of sp³-hybridized carbons (Fsp3) is 0.647. The van der Waals surface area contributed by atoms with Crippen molar-refractivity contribution in [2.45, 2.75) is 58.3 Å². The van der Waals surface area contributed by atoms with Crippen molar-refractivity contribution in [3.63, 3.8) is 0 Å². The maximum Gasteiger partial charge on any atom is 0.274 e. The lowest BCUT2D eigenvalue weighted by molar-refractivity contribution is 0.0697. The van der Waals surface area contributed by atoms with E-state index in [4.69, 9.17) is 4.52 Å². The number of piperidine rings is 1. The molecule has 3 heterocycles. The molecule has 130 valence electrons. The first kappa shape index (κ1) is 16.7. The van der Waals surface area contributed by atoms with Crippen LogP contribution >= 0.6 is 0 Å². The van der Waals surface area contributed by atoms with E-state index in [0.717, 1.165) is 25.1 Å². The smallest absolute Gasteiger partial charge is 0.274 e. The van der Waals surface area contributed by atoms with E-state index < -0.39 is 0 Å². The first-order valence-corrected chi connectivity index (χ1v) is 8.63. The van der Waals surface area contributed by atoms with Crippen LogP contribution in [0.3, 0.4) is 0 Å². The minimum absolute atomic E-state index is 0.0320. The third-order valence-corrected chi connectivity index (χ3v) is 4.46. The summed E-state index contributed by atoms with van der Waals surface area (Å²) in [5.41, 5.74) is 1.46. The van der Waals surface area contributed by atoms with Crippen LogP contribution in [0, 0.1) is 0 Å². The molecule has 2 aromatic rings. The molecule has 3 rings (SSSR count). The number of aromatic nitrogens is 4. The Balaban J connectivity index is 1.71. The predicted octanol–water partition coefficient (Wildman–Crippen LogP) is 3.06. The number of hydrogen-bond donors (Lipinski definition) is 1. The second-order valence-corrected chi connectivity index (χ2v) is 7.10. The van der Waals surface area contributed by atoms with Crippen LogP contribution in [0.1, 0.15) is 86.2 Å². The van der Waals surface area contributed by atoms with Crippen LogP contribution < -0.4 is 0 Å². The molecule has 0 saturated carbocycles. The highest BCUT2D eigenvalue weighted by molar-refractivity contribution is 5.92. The van der Waals surface area contributed by atoms with E-state index in [1.807, 2.05) is 24.8 Å². The Morgan fingerprint density at radius 1 is 1.33 bits per heavy atom. The highest BCUT2D eigenvalue weighted by Gasteiger charge is 2.29. The van der Waals surface area contributed by atoms with Gasteiger partial charge in [-0.2, -0.15) is 10.1 Å². The van der Waals surface area contributed by atoms with Crippen molar-refractivity contribution in [3.05, 3.63) is 29.2 Å². The van der Waals surface area contributed by atoms with Gasteiger partial charge in [0.25, 0.3) is 5.91 Å². The van der Waals surface area contributed by atoms with Gasteiger partial charge in [-0.15, -0.1) is 0 Å². The summed E-state index contributed by atoms with van der Waals surface area (Å²) >= 11 is 0. The third kappa shape index (κ3) is 3.34. The summed E-state index contributed by atoms with van der Waals surface area (Å²) in [6, 6.07) is 1.85. The molecule has 0 unspecified atom stereocenters. The van der Waals surface area contributed by atoms with E-state index in [1.54, 1.807) is 0 Å². The Kier molecular flexibility index (Phi) is 4.69. The van der Waals surface area contributed by atoms with Gasteiger partial charge in [0.1, 0.15) is 5.69 Å². The van der Waals surface area contributed by atoms with Crippen molar-refractivity contribution in [1.29, 1.82) is 0 Å². The summed E-state index contributed by atoms with van der Waals surface area (Å²) in [6.45, 7) is 9.55. The molecule has 0 aromatic carbocycles. The van der Waals surface area contributed by atoms with E-state index in [2.05, 4.69) is 34.2 Å². The van der Waals surface area contributed by atoms with Gasteiger partial charge in [0.2, 0.25) is 5.89 Å². The monoisotopic (exact) mass is 331 g/mol. The maximum atomic E-state index is 12.7. The number of likely N-dealkylation sites (tertiary alicyclic amines) is 1. The van der Waals surface area contributed by atoms with E-state index >= 15 is 0 Å². The van der Waals surface area contributed by atoms with Crippen LogP contribution in [0.5, 0.6) is 0 Å². The molecule has 1 fully saturated rings. The molecule has 1 amide bonds. The first-order valence-electron chi connectivity index (χ1n) is 8.63. The van der Waals surface area contributed by atoms with Crippen molar-refractivity contribution in [1.82, 2.24) is 25.2 Å². The summed E-state index contributed by atoms with van der Waals surface area (Å²) < 4.78 is 5.31. The topological polar surface area (TPSA) is 87.9 Å². The zero-order chi connectivity index (χ0) is 17.3. The first-order chi connectivity index (χ1) is 11.5. The van der Waals surface area contributed by atoms with Crippen LogP contribution in [0.4, 0.5) is 0 Å². The Bertz CT molecular complexity index is 703. The zero-order valence-corrected chi connectivity index (χ0v) is 14.7. The van der Waals surface area contributed by atoms with Gasteiger partial charge in [-0.25, -0.2) is 0 Å². The number of amides is 1. The highest BCUT2D eigenvalue weighted by Crippen LogP contribution is 2.27. The van der Waals surface area contributed by atoms with E-state index in [1.165, 1.54) is 0 Å². The molecule has 0 radical (unpaired) electrons. The molecule has 1 N–H and O–H groups in total. The van der Waals surface area contributed by atoms with Gasteiger partial charge in [-0.05, 0) is 24.8 Å². The van der Waals surface area contributed by atoms with Crippen LogP contribution in [-0.4, -0.2) is 44.2 Å². The average molecular weight is 331 g/mol. The summed E-state index contributed by atoms with van der Waals surface area (Å²) in [5.74, 6) is 1.99. The van der Waals surface area contributed by atoms with Crippen molar-refractivity contribution >= 4 is 5.91 Å². The maximum absolute atomic E-state index is 12.7. The van der Waals surface area contributed by atoms with Gasteiger partial charge in [0.15, 0.2) is 5.82 Å². The molecule has 7 nitrogen and oxygen atoms in total. The van der Waals surface area contributed by atoms with Crippen LogP contribution in [0.2, 0.25) is 0 Å². The molecule has 2 aromatic heterocycles. The average Bonchev–Trinajstić information content (AvgIpc) is 3.24. The Morgan fingerprint density at radius 2 is 2.12 bits per heavy atom. The molecule has 7 heteroatoms. The van der Waals surface area contributed by atoms with Crippen molar-refractivity contribution in [2.75, 3.05) is 13.1 Å². The normalized spacial score (nSPS) is 18.6. The Labute approximate surface area is 141 Å². The number of hydrogen-bond acceptors (Lipinski definition) is 5. The number of H-pyrrole nitrogens is 1. The minimum Gasteiger partial charge on any atom is -0.339 e. The lowest BCUT2D eigenvalue weighted by Gasteiger charge is -2.30. The predicted molar refractivity (Wildman–Crippen MR) is 88.9 cm³/mol. The van der Waals surface area contributed by atoms with Gasteiger partial charge in [-0.3, -0.25) is 9.89 Å². The van der Waals surface area contributed by atoms with E-state index in [-0.39, 0.29) is 17.7 Å². The Hall–Kier alpha value is -2.18. The van der Waals surface area contributed by atoms with Crippen LogP contribution in [-0.2, 0) is 0 Å². The van der Waals surface area contributed by atoms with Crippen LogP contribution in [0.15, 0.2) is 10.6 Å². The molecule has 1 saturated heterocycles. The van der Waals surface area contributed by atoms with Gasteiger partial charge in [-0.1, -0.05) is 32.9 Å². The van der Waals surface area contributed by atoms with Crippen molar-refractivity contribution in [3.8, 4) is 0 Å². The van der Waals surface area contributed by atoms with Crippen LogP contribution in [0.25, 0.3) is 0 Å². The van der Waals surface area contributed by atoms with Crippen molar-refractivity contribution < 1.29 is 9.32 Å². The second kappa shape index (κ2) is 6.75. The van der Waals surface area contributed by atoms with Gasteiger partial charge in [0, 0.05) is 30.6 Å². The molecule has 0 bridgehead atoms. The number of carbonyl (C=O) groups excluding carboxylic acids is 1. The quantitative estimate of drug-likeness (QED) is 0.930. The highest BCUT2D eigenvalue weighted by atomic mass is 16.5. The lowest BCUT2D eigenvalue weighted by atomic mass is 9.97. The number of carbonyl (C=O) groups is 1. The summed E-state index contributed by atoms with van der Waals surface area (Å²) in [4.78, 5) is 19.0. The molecule has 24 heavy (non-hydrogen) atoms. The number of nitrogens with zero attached hydrogens (tertiary/aromatic N) is 4. The van der Waals surface area contributed by atoms with E-state index in [0.29, 0.717) is 29.9 Å². The third-order valence-electron chi connectivity index (χ3n) is 4.46. The molecule has 1 aliphatic heterocycles. The largest absolute Gasteiger partial charge is 0.339 e. The number of nitrogens with one attached hydrogen (secondary N) is 1. The van der Waals surface area contributed by atoms with Gasteiger partial charge in [0.05, 0.1) is 0 Å². The molecular formula is C17H25N5O2. The number of aromatic amines is 1. The molecule has 1 atom stereocenters. The zero-order valence-electron chi connectivity index (χ0n) is 14.7. The molecule has 0 aliphatic carbocycles. The molecule has 1 aliphatic rings. The summed E-state index contributed by atoms with van der Waals surface area (Å²) in [5, 5.41) is 11.2. The fourth-order valence-corrected chi connectivity index (χ4v) is 2.92. The summed E-state index contributed by atoms with van der Waals surface area (Å²) in [7, 11) is 0. The van der Waals surface area contributed by atoms with Crippen molar-refractivity contribution in [2.24, 2.45) is 0 Å². The SMILES string of the molecule is CC(C)c1cc(C(=O)N2CCC[C@@H](c3noc(C(C)C)n3)C2)n[nH]1. The minimum atomic E-state index is -0.0320. The molecular weight excluding hydrogens is 306 g/mol. The standard InChI is InChI=1S/C17H25N5O2/c1-10(2)13-8-14(20-19-13)17(23)22-7-5-6-12(9-22)15-18-16(11(3)4)24-21-15/h8,10-12H,5-7,9H2,1-4H3,(H,19,20)/t12-/m1/s1. The lowest BCUT2D eigenvalue weighted by Crippen LogP contribution is -2.39. The van der Waals surface area contributed by atoms with Gasteiger partial charge < -0.3 is 9.42 Å². The Morgan fingerprint density at radius 3 is 2.75 bits per heavy atom.